The van der Waals surface area contributed by atoms with Crippen molar-refractivity contribution in [3.05, 3.63) is 45.1 Å². The fourth-order valence-electron chi connectivity index (χ4n) is 3.58. The molecule has 0 bridgehead atoms. The van der Waals surface area contributed by atoms with Crippen molar-refractivity contribution in [2.75, 3.05) is 30.4 Å². The number of rotatable bonds is 6. The number of nitrogens with one attached hydrogen (secondary N) is 1. The van der Waals surface area contributed by atoms with E-state index in [-0.39, 0.29) is 30.2 Å². The average Bonchev–Trinajstić information content (AvgIpc) is 3.41. The number of hydrogen-bond donors (Lipinski definition) is 1. The normalized spacial score (nSPS) is 13.7. The maximum atomic E-state index is 12.9. The Balaban J connectivity index is 1.72. The van der Waals surface area contributed by atoms with Crippen molar-refractivity contribution in [2.24, 2.45) is 0 Å². The topological polar surface area (TPSA) is 98.5 Å². The second kappa shape index (κ2) is 8.31. The Hall–Kier alpha value is -3.14. The van der Waals surface area contributed by atoms with Gasteiger partial charge in [0.05, 0.1) is 7.11 Å². The first-order chi connectivity index (χ1) is 14.5. The second-order valence-corrected chi connectivity index (χ2v) is 8.02. The van der Waals surface area contributed by atoms with Crippen LogP contribution in [0.1, 0.15) is 19.8 Å². The minimum atomic E-state index is -0.533. The molecule has 0 aliphatic carbocycles. The third-order valence-electron chi connectivity index (χ3n) is 5.10. The predicted molar refractivity (Wildman–Crippen MR) is 117 cm³/mol. The van der Waals surface area contributed by atoms with E-state index in [9.17, 15) is 14.4 Å². The Morgan fingerprint density at radius 3 is 2.70 bits per heavy atom. The molecule has 3 heterocycles. The van der Waals surface area contributed by atoms with Gasteiger partial charge in [0.15, 0.2) is 10.8 Å². The van der Waals surface area contributed by atoms with Crippen molar-refractivity contribution in [3.63, 3.8) is 0 Å². The summed E-state index contributed by atoms with van der Waals surface area (Å²) >= 11 is 1.28. The third kappa shape index (κ3) is 3.70. The average molecular weight is 430 g/mol. The number of amides is 1. The van der Waals surface area contributed by atoms with Gasteiger partial charge in [-0.2, -0.15) is 0 Å². The fraction of sp³-hybridized carbons (Fsp3) is 0.400. The highest BCUT2D eigenvalue weighted by molar-refractivity contribution is 7.22. The number of hydrogen-bond acceptors (Lipinski definition) is 7. The lowest BCUT2D eigenvalue weighted by Gasteiger charge is -2.12. The fourth-order valence-corrected chi connectivity index (χ4v) is 4.65. The first kappa shape index (κ1) is 20.1. The third-order valence-corrected chi connectivity index (χ3v) is 6.20. The molecule has 30 heavy (non-hydrogen) atoms. The molecule has 4 rings (SSSR count). The van der Waals surface area contributed by atoms with E-state index in [0.29, 0.717) is 16.1 Å². The highest BCUT2D eigenvalue weighted by Crippen LogP contribution is 2.28. The quantitative estimate of drug-likeness (QED) is 0.643. The van der Waals surface area contributed by atoms with E-state index < -0.39 is 5.69 Å². The van der Waals surface area contributed by atoms with Gasteiger partial charge in [0.2, 0.25) is 5.91 Å². The number of nitrogens with zero attached hydrogens (tertiary/aromatic N) is 4. The van der Waals surface area contributed by atoms with E-state index in [4.69, 9.17) is 4.74 Å². The summed E-state index contributed by atoms with van der Waals surface area (Å²) in [5.74, 6) is 0.227. The van der Waals surface area contributed by atoms with Gasteiger partial charge in [-0.25, -0.2) is 9.78 Å². The van der Waals surface area contributed by atoms with Gasteiger partial charge in [0, 0.05) is 31.4 Å². The SMILES string of the molecule is CCn1c(=O)c2sc(N3CCCC3)nc2n(CC(=O)Nc2cccc(OC)c2)c1=O. The van der Waals surface area contributed by atoms with Crippen LogP contribution in [0, 0.1) is 0 Å². The summed E-state index contributed by atoms with van der Waals surface area (Å²) in [6, 6.07) is 6.96. The van der Waals surface area contributed by atoms with Crippen molar-refractivity contribution in [1.29, 1.82) is 0 Å². The number of benzene rings is 1. The Kier molecular flexibility index (Phi) is 5.58. The number of anilines is 2. The van der Waals surface area contributed by atoms with Crippen LogP contribution in [0.3, 0.4) is 0 Å². The molecule has 1 N–H and O–H groups in total. The van der Waals surface area contributed by atoms with Crippen LogP contribution in [-0.4, -0.2) is 40.2 Å². The number of ether oxygens (including phenoxy) is 1. The maximum absolute atomic E-state index is 12.9. The minimum Gasteiger partial charge on any atom is -0.497 e. The van der Waals surface area contributed by atoms with Crippen LogP contribution < -0.4 is 26.2 Å². The number of carbonyl (C=O) groups excluding carboxylic acids is 1. The number of aromatic nitrogens is 3. The standard InChI is InChI=1S/C20H23N5O4S/c1-3-24-18(27)16-17(22-19(30-16)23-9-4-5-10-23)25(20(24)28)12-15(26)21-13-7-6-8-14(11-13)29-2/h6-8,11H,3-5,9-10,12H2,1-2H3,(H,21,26). The number of thiazole rings is 1. The smallest absolute Gasteiger partial charge is 0.333 e. The maximum Gasteiger partial charge on any atom is 0.333 e. The minimum absolute atomic E-state index is 0.224. The first-order valence-corrected chi connectivity index (χ1v) is 10.7. The summed E-state index contributed by atoms with van der Waals surface area (Å²) < 4.78 is 7.99. The van der Waals surface area contributed by atoms with Crippen LogP contribution in [0.2, 0.25) is 0 Å². The van der Waals surface area contributed by atoms with E-state index in [1.54, 1.807) is 38.3 Å². The van der Waals surface area contributed by atoms with Crippen LogP contribution in [0.15, 0.2) is 33.9 Å². The molecule has 0 unspecified atom stereocenters. The first-order valence-electron chi connectivity index (χ1n) is 9.85. The van der Waals surface area contributed by atoms with Crippen LogP contribution in [0.5, 0.6) is 5.75 Å². The zero-order valence-electron chi connectivity index (χ0n) is 16.9. The Labute approximate surface area is 176 Å². The molecule has 0 atom stereocenters. The van der Waals surface area contributed by atoms with Gasteiger partial charge < -0.3 is 15.0 Å². The van der Waals surface area contributed by atoms with Gasteiger partial charge in [-0.1, -0.05) is 17.4 Å². The van der Waals surface area contributed by atoms with Crippen LogP contribution >= 0.6 is 11.3 Å². The summed E-state index contributed by atoms with van der Waals surface area (Å²) in [6.07, 6.45) is 2.15. The predicted octanol–water partition coefficient (Wildman–Crippen LogP) is 1.89. The zero-order chi connectivity index (χ0) is 21.3. The van der Waals surface area contributed by atoms with E-state index >= 15 is 0 Å². The van der Waals surface area contributed by atoms with Crippen molar-refractivity contribution < 1.29 is 9.53 Å². The van der Waals surface area contributed by atoms with Gasteiger partial charge >= 0.3 is 5.69 Å². The summed E-state index contributed by atoms with van der Waals surface area (Å²) in [6.45, 7) is 3.47. The van der Waals surface area contributed by atoms with E-state index in [0.717, 1.165) is 35.6 Å². The summed E-state index contributed by atoms with van der Waals surface area (Å²) in [7, 11) is 1.55. The molecule has 1 aromatic carbocycles. The highest BCUT2D eigenvalue weighted by Gasteiger charge is 2.22. The molecule has 1 fully saturated rings. The van der Waals surface area contributed by atoms with E-state index in [1.165, 1.54) is 15.9 Å². The summed E-state index contributed by atoms with van der Waals surface area (Å²) in [4.78, 5) is 45.1. The highest BCUT2D eigenvalue weighted by atomic mass is 32.1. The molecule has 10 heteroatoms. The van der Waals surface area contributed by atoms with Gasteiger partial charge in [-0.15, -0.1) is 0 Å². The van der Waals surface area contributed by atoms with Crippen LogP contribution in [0.4, 0.5) is 10.8 Å². The second-order valence-electron chi connectivity index (χ2n) is 7.04. The Morgan fingerprint density at radius 1 is 1.23 bits per heavy atom. The van der Waals surface area contributed by atoms with Crippen LogP contribution in [-0.2, 0) is 17.9 Å². The molecule has 1 aliphatic rings. The monoisotopic (exact) mass is 429 g/mol. The summed E-state index contributed by atoms with van der Waals surface area (Å²) in [5.41, 5.74) is -0.0650. The molecule has 9 nitrogen and oxygen atoms in total. The zero-order valence-corrected chi connectivity index (χ0v) is 17.7. The molecular formula is C20H23N5O4S. The Bertz CT molecular complexity index is 1210. The van der Waals surface area contributed by atoms with E-state index in [2.05, 4.69) is 15.2 Å². The largest absolute Gasteiger partial charge is 0.497 e. The molecule has 0 spiro atoms. The van der Waals surface area contributed by atoms with E-state index in [1.807, 2.05) is 0 Å². The Morgan fingerprint density at radius 2 is 2.00 bits per heavy atom. The van der Waals surface area contributed by atoms with Gasteiger partial charge in [0.25, 0.3) is 5.56 Å². The van der Waals surface area contributed by atoms with Crippen molar-refractivity contribution in [3.8, 4) is 5.75 Å². The molecular weight excluding hydrogens is 406 g/mol. The van der Waals surface area contributed by atoms with Gasteiger partial charge in [0.1, 0.15) is 17.0 Å². The number of methoxy groups -OCH3 is 1. The number of fused-ring (bicyclic) bond motifs is 1. The molecule has 1 aliphatic heterocycles. The van der Waals surface area contributed by atoms with Crippen molar-refractivity contribution in [2.45, 2.75) is 32.9 Å². The number of carbonyl (C=O) groups is 1. The molecule has 1 saturated heterocycles. The molecule has 158 valence electrons. The van der Waals surface area contributed by atoms with Gasteiger partial charge in [-0.05, 0) is 31.9 Å². The summed E-state index contributed by atoms with van der Waals surface area (Å²) in [5, 5.41) is 3.49. The van der Waals surface area contributed by atoms with Crippen molar-refractivity contribution >= 4 is 38.4 Å². The van der Waals surface area contributed by atoms with Gasteiger partial charge in [-0.3, -0.25) is 18.7 Å². The molecule has 2 aromatic heterocycles. The molecule has 3 aromatic rings. The lowest BCUT2D eigenvalue weighted by atomic mass is 10.3. The van der Waals surface area contributed by atoms with Crippen molar-refractivity contribution in [1.82, 2.24) is 14.1 Å². The molecule has 0 saturated carbocycles. The lowest BCUT2D eigenvalue weighted by molar-refractivity contribution is -0.116. The lowest BCUT2D eigenvalue weighted by Crippen LogP contribution is -2.41. The molecule has 0 radical (unpaired) electrons. The van der Waals surface area contributed by atoms with Crippen LogP contribution in [0.25, 0.3) is 10.3 Å². The molecule has 1 amide bonds.